The van der Waals surface area contributed by atoms with Gasteiger partial charge in [0.2, 0.25) is 5.95 Å². The summed E-state index contributed by atoms with van der Waals surface area (Å²) < 4.78 is 5.30. The van der Waals surface area contributed by atoms with Crippen LogP contribution >= 0.6 is 0 Å². The summed E-state index contributed by atoms with van der Waals surface area (Å²) >= 11 is 0. The molecular weight excluding hydrogens is 218 g/mol. The molecular formula is C11H19N5O. The molecule has 2 rings (SSSR count). The lowest BCUT2D eigenvalue weighted by Gasteiger charge is -2.26. The lowest BCUT2D eigenvalue weighted by Crippen LogP contribution is -2.36. The SMILES string of the molecule is Nc1ncc(CCCN2CCOCC2)c(N)n1. The topological polar surface area (TPSA) is 90.3 Å². The van der Waals surface area contributed by atoms with Gasteiger partial charge in [-0.05, 0) is 19.4 Å². The van der Waals surface area contributed by atoms with Crippen LogP contribution in [0.15, 0.2) is 6.20 Å². The molecule has 1 aliphatic rings. The Morgan fingerprint density at radius 1 is 1.29 bits per heavy atom. The minimum Gasteiger partial charge on any atom is -0.383 e. The lowest BCUT2D eigenvalue weighted by atomic mass is 10.1. The highest BCUT2D eigenvalue weighted by Gasteiger charge is 2.10. The molecule has 6 heteroatoms. The minimum absolute atomic E-state index is 0.236. The Kier molecular flexibility index (Phi) is 4.11. The monoisotopic (exact) mass is 237 g/mol. The van der Waals surface area contributed by atoms with E-state index in [0.29, 0.717) is 5.82 Å². The van der Waals surface area contributed by atoms with Gasteiger partial charge >= 0.3 is 0 Å². The molecule has 0 radical (unpaired) electrons. The van der Waals surface area contributed by atoms with Crippen LogP contribution in [-0.2, 0) is 11.2 Å². The van der Waals surface area contributed by atoms with Crippen molar-refractivity contribution in [2.24, 2.45) is 0 Å². The number of hydrogen-bond donors (Lipinski definition) is 2. The molecule has 6 nitrogen and oxygen atoms in total. The first-order valence-electron chi connectivity index (χ1n) is 5.92. The highest BCUT2D eigenvalue weighted by atomic mass is 16.5. The number of nitrogen functional groups attached to an aromatic ring is 2. The van der Waals surface area contributed by atoms with Gasteiger partial charge in [0.05, 0.1) is 13.2 Å². The van der Waals surface area contributed by atoms with E-state index in [1.54, 1.807) is 6.20 Å². The number of nitrogens with zero attached hydrogens (tertiary/aromatic N) is 3. The second kappa shape index (κ2) is 5.79. The van der Waals surface area contributed by atoms with E-state index >= 15 is 0 Å². The summed E-state index contributed by atoms with van der Waals surface area (Å²) in [5.41, 5.74) is 12.2. The van der Waals surface area contributed by atoms with E-state index < -0.39 is 0 Å². The molecule has 0 atom stereocenters. The molecule has 1 aromatic rings. The molecule has 0 unspecified atom stereocenters. The van der Waals surface area contributed by atoms with Gasteiger partial charge in [-0.15, -0.1) is 0 Å². The predicted octanol–water partition coefficient (Wildman–Crippen LogP) is -0.0942. The van der Waals surface area contributed by atoms with Crippen LogP contribution in [-0.4, -0.2) is 47.7 Å². The van der Waals surface area contributed by atoms with E-state index in [9.17, 15) is 0 Å². The molecule has 1 saturated heterocycles. The summed E-state index contributed by atoms with van der Waals surface area (Å²) in [6.07, 6.45) is 3.66. The number of rotatable bonds is 4. The lowest BCUT2D eigenvalue weighted by molar-refractivity contribution is 0.0375. The van der Waals surface area contributed by atoms with Gasteiger partial charge in [0.15, 0.2) is 0 Å². The van der Waals surface area contributed by atoms with Crippen LogP contribution in [0.5, 0.6) is 0 Å². The molecule has 2 heterocycles. The maximum absolute atomic E-state index is 5.78. The van der Waals surface area contributed by atoms with Gasteiger partial charge in [-0.1, -0.05) is 0 Å². The van der Waals surface area contributed by atoms with Gasteiger partial charge in [0, 0.05) is 24.8 Å². The van der Waals surface area contributed by atoms with E-state index in [4.69, 9.17) is 16.2 Å². The maximum Gasteiger partial charge on any atom is 0.221 e. The molecule has 1 aliphatic heterocycles. The molecule has 0 aromatic carbocycles. The van der Waals surface area contributed by atoms with Crippen molar-refractivity contribution in [2.75, 3.05) is 44.3 Å². The molecule has 0 amide bonds. The van der Waals surface area contributed by atoms with Gasteiger partial charge < -0.3 is 16.2 Å². The molecule has 17 heavy (non-hydrogen) atoms. The highest BCUT2D eigenvalue weighted by molar-refractivity contribution is 5.41. The van der Waals surface area contributed by atoms with Crippen LogP contribution in [0.3, 0.4) is 0 Å². The smallest absolute Gasteiger partial charge is 0.221 e. The van der Waals surface area contributed by atoms with Crippen molar-refractivity contribution in [3.05, 3.63) is 11.8 Å². The van der Waals surface area contributed by atoms with Gasteiger partial charge in [0.25, 0.3) is 0 Å². The Bertz CT molecular complexity index is 365. The zero-order valence-corrected chi connectivity index (χ0v) is 9.93. The van der Waals surface area contributed by atoms with Crippen LogP contribution < -0.4 is 11.5 Å². The third-order valence-electron chi connectivity index (χ3n) is 2.94. The normalized spacial score (nSPS) is 17.2. The van der Waals surface area contributed by atoms with Gasteiger partial charge in [-0.2, -0.15) is 4.98 Å². The number of hydrogen-bond acceptors (Lipinski definition) is 6. The summed E-state index contributed by atoms with van der Waals surface area (Å²) in [5, 5.41) is 0. The summed E-state index contributed by atoms with van der Waals surface area (Å²) in [4.78, 5) is 10.3. The molecule has 94 valence electrons. The Morgan fingerprint density at radius 2 is 2.06 bits per heavy atom. The van der Waals surface area contributed by atoms with Crippen LogP contribution in [0.4, 0.5) is 11.8 Å². The number of nitrogens with two attached hydrogens (primary N) is 2. The maximum atomic E-state index is 5.78. The summed E-state index contributed by atoms with van der Waals surface area (Å²) in [7, 11) is 0. The standard InChI is InChI=1S/C11H19N5O/c12-10-9(8-14-11(13)15-10)2-1-3-16-4-6-17-7-5-16/h8H,1-7H2,(H4,12,13,14,15). The average molecular weight is 237 g/mol. The first-order valence-corrected chi connectivity index (χ1v) is 5.92. The fourth-order valence-corrected chi connectivity index (χ4v) is 1.94. The first kappa shape index (κ1) is 12.1. The highest BCUT2D eigenvalue weighted by Crippen LogP contribution is 2.11. The minimum atomic E-state index is 0.236. The number of anilines is 2. The average Bonchev–Trinajstić information content (AvgIpc) is 2.33. The van der Waals surface area contributed by atoms with Crippen LogP contribution in [0.25, 0.3) is 0 Å². The van der Waals surface area contributed by atoms with Crippen molar-refractivity contribution in [3.8, 4) is 0 Å². The Balaban J connectivity index is 1.77. The van der Waals surface area contributed by atoms with E-state index in [1.165, 1.54) is 0 Å². The quantitative estimate of drug-likeness (QED) is 0.760. The van der Waals surface area contributed by atoms with E-state index in [0.717, 1.165) is 51.3 Å². The molecule has 0 spiro atoms. The van der Waals surface area contributed by atoms with Crippen LogP contribution in [0.1, 0.15) is 12.0 Å². The molecule has 0 saturated carbocycles. The Hall–Kier alpha value is -1.40. The zero-order chi connectivity index (χ0) is 12.1. The van der Waals surface area contributed by atoms with Gasteiger partial charge in [0.1, 0.15) is 5.82 Å². The Labute approximate surface area is 101 Å². The van der Waals surface area contributed by atoms with Crippen LogP contribution in [0.2, 0.25) is 0 Å². The van der Waals surface area contributed by atoms with Crippen molar-refractivity contribution in [3.63, 3.8) is 0 Å². The van der Waals surface area contributed by atoms with Crippen molar-refractivity contribution in [1.82, 2.24) is 14.9 Å². The molecule has 4 N–H and O–H groups in total. The third-order valence-corrected chi connectivity index (χ3v) is 2.94. The summed E-state index contributed by atoms with van der Waals surface area (Å²) in [6, 6.07) is 0. The van der Waals surface area contributed by atoms with Crippen molar-refractivity contribution < 1.29 is 4.74 Å². The van der Waals surface area contributed by atoms with Crippen LogP contribution in [0, 0.1) is 0 Å². The third kappa shape index (κ3) is 3.54. The van der Waals surface area contributed by atoms with E-state index in [-0.39, 0.29) is 5.95 Å². The number of ether oxygens (including phenoxy) is 1. The van der Waals surface area contributed by atoms with E-state index in [1.807, 2.05) is 0 Å². The summed E-state index contributed by atoms with van der Waals surface area (Å²) in [5.74, 6) is 0.735. The second-order valence-corrected chi connectivity index (χ2v) is 4.20. The fourth-order valence-electron chi connectivity index (χ4n) is 1.94. The zero-order valence-electron chi connectivity index (χ0n) is 9.93. The van der Waals surface area contributed by atoms with Crippen molar-refractivity contribution in [2.45, 2.75) is 12.8 Å². The molecule has 1 fully saturated rings. The fraction of sp³-hybridized carbons (Fsp3) is 0.636. The molecule has 1 aromatic heterocycles. The number of morpholine rings is 1. The largest absolute Gasteiger partial charge is 0.383 e. The first-order chi connectivity index (χ1) is 8.25. The number of aryl methyl sites for hydroxylation is 1. The molecule has 0 aliphatic carbocycles. The van der Waals surface area contributed by atoms with E-state index in [2.05, 4.69) is 14.9 Å². The Morgan fingerprint density at radius 3 is 2.76 bits per heavy atom. The van der Waals surface area contributed by atoms with Gasteiger partial charge in [-0.3, -0.25) is 4.90 Å². The number of aromatic nitrogens is 2. The molecule has 0 bridgehead atoms. The van der Waals surface area contributed by atoms with Crippen molar-refractivity contribution >= 4 is 11.8 Å². The van der Waals surface area contributed by atoms with Crippen molar-refractivity contribution in [1.29, 1.82) is 0 Å². The summed E-state index contributed by atoms with van der Waals surface area (Å²) in [6.45, 7) is 4.79. The second-order valence-electron chi connectivity index (χ2n) is 4.20. The van der Waals surface area contributed by atoms with Gasteiger partial charge in [-0.25, -0.2) is 4.98 Å². The predicted molar refractivity (Wildman–Crippen MR) is 66.4 cm³/mol.